The molecule has 28 heavy (non-hydrogen) atoms. The van der Waals surface area contributed by atoms with Gasteiger partial charge in [0.25, 0.3) is 5.69 Å². The highest BCUT2D eigenvalue weighted by Crippen LogP contribution is 2.22. The third-order valence-corrected chi connectivity index (χ3v) is 4.47. The zero-order valence-corrected chi connectivity index (χ0v) is 15.4. The third-order valence-electron chi connectivity index (χ3n) is 4.47. The van der Waals surface area contributed by atoms with Crippen molar-refractivity contribution in [3.8, 4) is 0 Å². The first-order valence-corrected chi connectivity index (χ1v) is 8.96. The average molecular weight is 391 g/mol. The number of aliphatic imine (C=N–C) groups is 1. The van der Waals surface area contributed by atoms with Crippen LogP contribution in [0.4, 0.5) is 11.4 Å². The van der Waals surface area contributed by atoms with Crippen molar-refractivity contribution in [1.29, 1.82) is 0 Å². The van der Waals surface area contributed by atoms with Gasteiger partial charge in [-0.2, -0.15) is 0 Å². The van der Waals surface area contributed by atoms with Crippen LogP contribution in [0.25, 0.3) is 0 Å². The molecule has 152 valence electrons. The number of hydrogen-bond acceptors (Lipinski definition) is 6. The summed E-state index contributed by atoms with van der Waals surface area (Å²) in [7, 11) is 0. The Morgan fingerprint density at radius 3 is 2.61 bits per heavy atom. The maximum Gasteiger partial charge on any atom is 0.269 e. The molecule has 0 aliphatic carbocycles. The number of rotatable bonds is 8. The summed E-state index contributed by atoms with van der Waals surface area (Å²) in [5.74, 6) is -0.638. The number of carbonyl (C=O) groups is 2. The van der Waals surface area contributed by atoms with Crippen LogP contribution in [0.1, 0.15) is 25.7 Å². The zero-order valence-electron chi connectivity index (χ0n) is 15.4. The molecule has 1 fully saturated rings. The van der Waals surface area contributed by atoms with E-state index in [2.05, 4.69) is 10.3 Å². The van der Waals surface area contributed by atoms with E-state index >= 15 is 0 Å². The Balaban J connectivity index is 1.93. The van der Waals surface area contributed by atoms with Gasteiger partial charge >= 0.3 is 0 Å². The Bertz CT molecular complexity index is 746. The van der Waals surface area contributed by atoms with Gasteiger partial charge in [0, 0.05) is 30.9 Å². The van der Waals surface area contributed by atoms with E-state index in [1.165, 1.54) is 29.2 Å². The van der Waals surface area contributed by atoms with Crippen LogP contribution in [-0.2, 0) is 9.59 Å². The number of guanidine groups is 1. The van der Waals surface area contributed by atoms with Crippen molar-refractivity contribution in [2.45, 2.75) is 37.8 Å². The molecule has 0 radical (unpaired) electrons. The van der Waals surface area contributed by atoms with Crippen LogP contribution in [-0.4, -0.2) is 52.8 Å². The first-order valence-electron chi connectivity index (χ1n) is 8.96. The molecule has 0 unspecified atom stereocenters. The molecule has 2 rings (SSSR count). The number of nitrogens with zero attached hydrogens (tertiary/aromatic N) is 3. The molecule has 0 spiro atoms. The minimum atomic E-state index is -0.734. The highest BCUT2D eigenvalue weighted by atomic mass is 16.6. The van der Waals surface area contributed by atoms with E-state index in [1.807, 2.05) is 0 Å². The smallest absolute Gasteiger partial charge is 0.269 e. The van der Waals surface area contributed by atoms with Gasteiger partial charge in [0.15, 0.2) is 5.96 Å². The van der Waals surface area contributed by atoms with Crippen molar-refractivity contribution >= 4 is 29.1 Å². The Morgan fingerprint density at radius 2 is 2.00 bits per heavy atom. The van der Waals surface area contributed by atoms with Gasteiger partial charge in [0.05, 0.1) is 11.0 Å². The minimum Gasteiger partial charge on any atom is -0.370 e. The van der Waals surface area contributed by atoms with E-state index in [4.69, 9.17) is 17.2 Å². The number of nitro benzene ring substituents is 1. The lowest BCUT2D eigenvalue weighted by atomic mass is 10.1. The number of likely N-dealkylation sites (tertiary alicyclic amines) is 1. The zero-order chi connectivity index (χ0) is 20.7. The Kier molecular flexibility index (Phi) is 7.27. The predicted molar refractivity (Wildman–Crippen MR) is 104 cm³/mol. The molecule has 11 heteroatoms. The van der Waals surface area contributed by atoms with Crippen molar-refractivity contribution in [2.24, 2.45) is 22.2 Å². The molecule has 11 nitrogen and oxygen atoms in total. The lowest BCUT2D eigenvalue weighted by Gasteiger charge is -2.26. The molecule has 7 N–H and O–H groups in total. The summed E-state index contributed by atoms with van der Waals surface area (Å²) in [6, 6.07) is 4.16. The van der Waals surface area contributed by atoms with Crippen molar-refractivity contribution in [1.82, 2.24) is 4.90 Å². The van der Waals surface area contributed by atoms with Crippen LogP contribution in [0, 0.1) is 10.1 Å². The maximum absolute atomic E-state index is 12.6. The number of nitrogens with one attached hydrogen (secondary N) is 1. The quantitative estimate of drug-likeness (QED) is 0.157. The molecule has 2 amide bonds. The normalized spacial score (nSPS) is 17.0. The van der Waals surface area contributed by atoms with E-state index in [0.717, 1.165) is 0 Å². The summed E-state index contributed by atoms with van der Waals surface area (Å²) in [6.07, 6.45) is 2.19. The fraction of sp³-hybridized carbons (Fsp3) is 0.471. The second kappa shape index (κ2) is 9.65. The minimum absolute atomic E-state index is 0.0116. The van der Waals surface area contributed by atoms with Gasteiger partial charge in [-0.05, 0) is 37.8 Å². The summed E-state index contributed by atoms with van der Waals surface area (Å²) in [6.45, 7) is 0.839. The molecule has 0 bridgehead atoms. The van der Waals surface area contributed by atoms with E-state index in [1.54, 1.807) is 0 Å². The number of anilines is 1. The van der Waals surface area contributed by atoms with Gasteiger partial charge in [-0.15, -0.1) is 0 Å². The van der Waals surface area contributed by atoms with E-state index < -0.39 is 17.0 Å². The van der Waals surface area contributed by atoms with Crippen molar-refractivity contribution in [3.63, 3.8) is 0 Å². The third kappa shape index (κ3) is 5.64. The largest absolute Gasteiger partial charge is 0.370 e. The maximum atomic E-state index is 12.6. The summed E-state index contributed by atoms with van der Waals surface area (Å²) < 4.78 is 0. The van der Waals surface area contributed by atoms with Crippen LogP contribution in [0.15, 0.2) is 29.3 Å². The fourth-order valence-electron chi connectivity index (χ4n) is 3.05. The molecule has 1 heterocycles. The summed E-state index contributed by atoms with van der Waals surface area (Å²) >= 11 is 0. The Labute approximate surface area is 162 Å². The van der Waals surface area contributed by atoms with Gasteiger partial charge in [-0.1, -0.05) is 0 Å². The van der Waals surface area contributed by atoms with Crippen LogP contribution in [0.5, 0.6) is 0 Å². The number of non-ortho nitro benzene ring substituents is 1. The first-order chi connectivity index (χ1) is 13.3. The summed E-state index contributed by atoms with van der Waals surface area (Å²) in [5.41, 5.74) is 16.8. The Morgan fingerprint density at radius 1 is 1.32 bits per heavy atom. The predicted octanol–water partition coefficient (Wildman–Crippen LogP) is -0.0948. The van der Waals surface area contributed by atoms with E-state index in [-0.39, 0.29) is 23.5 Å². The lowest BCUT2D eigenvalue weighted by Crippen LogP contribution is -2.49. The average Bonchev–Trinajstić information content (AvgIpc) is 3.14. The number of carbonyl (C=O) groups excluding carboxylic acids is 2. The summed E-state index contributed by atoms with van der Waals surface area (Å²) in [4.78, 5) is 40.7. The highest BCUT2D eigenvalue weighted by Gasteiger charge is 2.36. The topological polar surface area (TPSA) is 183 Å². The monoisotopic (exact) mass is 391 g/mol. The first kappa shape index (κ1) is 21.1. The van der Waals surface area contributed by atoms with Crippen LogP contribution in [0.2, 0.25) is 0 Å². The van der Waals surface area contributed by atoms with Crippen molar-refractivity contribution in [2.75, 3.05) is 18.4 Å². The number of amides is 2. The molecule has 1 aliphatic heterocycles. The fourth-order valence-corrected chi connectivity index (χ4v) is 3.05. The molecule has 0 aromatic heterocycles. The number of nitrogens with two attached hydrogens (primary N) is 3. The number of benzene rings is 1. The highest BCUT2D eigenvalue weighted by molar-refractivity contribution is 5.98. The molecule has 1 aliphatic rings. The van der Waals surface area contributed by atoms with Crippen LogP contribution in [0.3, 0.4) is 0 Å². The number of hydrogen-bond donors (Lipinski definition) is 4. The van der Waals surface area contributed by atoms with Crippen molar-refractivity contribution < 1.29 is 14.5 Å². The molecule has 1 aromatic rings. The molecule has 2 atom stereocenters. The molecular weight excluding hydrogens is 366 g/mol. The standard InChI is InChI=1S/C17H25N7O4/c18-13(3-1-9-21-17(19)20)16(26)23-10-2-4-14(23)15(25)22-11-5-7-12(8-6-11)24(27)28/h5-8,13-14H,1-4,9-10,18H2,(H,22,25)(H4,19,20,21)/t13-,14-/m0/s1. The second-order valence-corrected chi connectivity index (χ2v) is 6.54. The molecular formula is C17H25N7O4. The SMILES string of the molecule is NC(N)=NCCC[C@H](N)C(=O)N1CCC[C@H]1C(=O)Nc1ccc([N+](=O)[O-])cc1. The van der Waals surface area contributed by atoms with Gasteiger partial charge in [0.1, 0.15) is 6.04 Å². The lowest BCUT2D eigenvalue weighted by molar-refractivity contribution is -0.384. The van der Waals surface area contributed by atoms with E-state index in [9.17, 15) is 19.7 Å². The molecule has 0 saturated carbocycles. The van der Waals surface area contributed by atoms with Gasteiger partial charge in [-0.25, -0.2) is 0 Å². The molecule has 1 aromatic carbocycles. The van der Waals surface area contributed by atoms with Gasteiger partial charge in [0.2, 0.25) is 11.8 Å². The van der Waals surface area contributed by atoms with Crippen LogP contribution < -0.4 is 22.5 Å². The molecule has 1 saturated heterocycles. The second-order valence-electron chi connectivity index (χ2n) is 6.54. The van der Waals surface area contributed by atoms with E-state index in [0.29, 0.717) is 44.5 Å². The van der Waals surface area contributed by atoms with Crippen LogP contribution >= 0.6 is 0 Å². The van der Waals surface area contributed by atoms with Gasteiger partial charge in [-0.3, -0.25) is 24.7 Å². The number of nitro groups is 1. The van der Waals surface area contributed by atoms with Crippen molar-refractivity contribution in [3.05, 3.63) is 34.4 Å². The Hall–Kier alpha value is -3.21. The van der Waals surface area contributed by atoms with Gasteiger partial charge < -0.3 is 27.4 Å². The summed E-state index contributed by atoms with van der Waals surface area (Å²) in [5, 5.41) is 13.4.